The highest BCUT2D eigenvalue weighted by Crippen LogP contribution is 2.30. The molecule has 1 aromatic heterocycles. The molecule has 1 aliphatic heterocycles. The number of hydrogen-bond acceptors (Lipinski definition) is 3. The number of hydrogen-bond donors (Lipinski definition) is 3. The second-order valence-corrected chi connectivity index (χ2v) is 6.97. The molecule has 2 aromatic rings. The van der Waals surface area contributed by atoms with E-state index in [2.05, 4.69) is 20.8 Å². The lowest BCUT2D eigenvalue weighted by Gasteiger charge is -2.42. The maximum absolute atomic E-state index is 12.9. The van der Waals surface area contributed by atoms with Gasteiger partial charge in [0, 0.05) is 36.7 Å². The minimum atomic E-state index is 0.0194. The summed E-state index contributed by atoms with van der Waals surface area (Å²) in [6.45, 7) is 2.56. The maximum Gasteiger partial charge on any atom is 0.322 e. The van der Waals surface area contributed by atoms with Gasteiger partial charge in [0.15, 0.2) is 0 Å². The Morgan fingerprint density at radius 3 is 3.00 bits per heavy atom. The fraction of sp³-hybridized carbons (Fsp3) is 0.556. The van der Waals surface area contributed by atoms with Crippen LogP contribution >= 0.6 is 0 Å². The summed E-state index contributed by atoms with van der Waals surface area (Å²) in [5, 5.41) is 14.6. The highest BCUT2D eigenvalue weighted by molar-refractivity contribution is 5.92. The van der Waals surface area contributed by atoms with Crippen molar-refractivity contribution >= 4 is 22.6 Å². The zero-order valence-electron chi connectivity index (χ0n) is 13.9. The van der Waals surface area contributed by atoms with Gasteiger partial charge in [0.2, 0.25) is 0 Å². The molecule has 4 rings (SSSR count). The monoisotopic (exact) mass is 327 g/mol. The Kier molecular flexibility index (Phi) is 4.38. The molecule has 3 N–H and O–H groups in total. The van der Waals surface area contributed by atoms with Crippen LogP contribution in [0.25, 0.3) is 10.9 Å². The topological polar surface area (TPSA) is 73.0 Å². The van der Waals surface area contributed by atoms with Crippen LogP contribution in [0.5, 0.6) is 0 Å². The van der Waals surface area contributed by atoms with Crippen molar-refractivity contribution in [1.82, 2.24) is 20.4 Å². The van der Waals surface area contributed by atoms with Gasteiger partial charge >= 0.3 is 6.03 Å². The number of fused-ring (bicyclic) bond motifs is 1. The summed E-state index contributed by atoms with van der Waals surface area (Å²) in [5.41, 5.74) is 1.76. The summed E-state index contributed by atoms with van der Waals surface area (Å²) in [7, 11) is 0. The van der Waals surface area contributed by atoms with Gasteiger partial charge in [-0.15, -0.1) is 0 Å². The standard InChI is InChI=1S/C18H25N5O/c24-18(21-15-7-6-14-11-20-22-16(14)10-15)23-9-8-19-12-17(23)13-4-2-1-3-5-13/h6-7,10-11,13,17,19H,1-5,8-9,12H2,(H,20,22)(H,21,24). The van der Waals surface area contributed by atoms with Crippen LogP contribution in [0.2, 0.25) is 0 Å². The van der Waals surface area contributed by atoms with E-state index in [0.29, 0.717) is 12.0 Å². The number of H-pyrrole nitrogens is 1. The van der Waals surface area contributed by atoms with Crippen LogP contribution in [0, 0.1) is 5.92 Å². The molecular formula is C18H25N5O. The van der Waals surface area contributed by atoms with Gasteiger partial charge in [-0.25, -0.2) is 4.79 Å². The Balaban J connectivity index is 1.48. The first-order chi connectivity index (χ1) is 11.8. The summed E-state index contributed by atoms with van der Waals surface area (Å²) in [6, 6.07) is 6.19. The quantitative estimate of drug-likeness (QED) is 0.794. The second kappa shape index (κ2) is 6.81. The van der Waals surface area contributed by atoms with E-state index in [1.165, 1.54) is 32.1 Å². The van der Waals surface area contributed by atoms with E-state index in [1.54, 1.807) is 6.20 Å². The van der Waals surface area contributed by atoms with Crippen molar-refractivity contribution in [2.45, 2.75) is 38.1 Å². The van der Waals surface area contributed by atoms with Gasteiger partial charge in [0.1, 0.15) is 0 Å². The lowest BCUT2D eigenvalue weighted by Crippen LogP contribution is -2.57. The zero-order valence-corrected chi connectivity index (χ0v) is 13.9. The van der Waals surface area contributed by atoms with Crippen molar-refractivity contribution in [3.05, 3.63) is 24.4 Å². The number of nitrogens with one attached hydrogen (secondary N) is 3. The van der Waals surface area contributed by atoms with E-state index in [0.717, 1.165) is 36.2 Å². The first-order valence-electron chi connectivity index (χ1n) is 9.03. The van der Waals surface area contributed by atoms with Crippen LogP contribution in [0.4, 0.5) is 10.5 Å². The molecule has 1 saturated heterocycles. The van der Waals surface area contributed by atoms with Gasteiger partial charge in [-0.3, -0.25) is 5.10 Å². The fourth-order valence-electron chi connectivity index (χ4n) is 4.13. The number of amides is 2. The molecule has 0 bridgehead atoms. The number of carbonyl (C=O) groups is 1. The van der Waals surface area contributed by atoms with Crippen molar-refractivity contribution in [3.8, 4) is 0 Å². The Labute approximate surface area is 142 Å². The maximum atomic E-state index is 12.9. The molecule has 1 atom stereocenters. The van der Waals surface area contributed by atoms with Gasteiger partial charge in [-0.05, 0) is 37.0 Å². The molecule has 0 radical (unpaired) electrons. The fourth-order valence-corrected chi connectivity index (χ4v) is 4.13. The third-order valence-electron chi connectivity index (χ3n) is 5.43. The molecule has 1 aromatic carbocycles. The predicted octanol–water partition coefficient (Wildman–Crippen LogP) is 2.95. The number of nitrogens with zero attached hydrogens (tertiary/aromatic N) is 2. The third-order valence-corrected chi connectivity index (χ3v) is 5.43. The van der Waals surface area contributed by atoms with Crippen LogP contribution in [-0.2, 0) is 0 Å². The van der Waals surface area contributed by atoms with Crippen LogP contribution in [-0.4, -0.2) is 46.8 Å². The number of benzene rings is 1. The molecule has 128 valence electrons. The molecule has 2 fully saturated rings. The van der Waals surface area contributed by atoms with Crippen molar-refractivity contribution < 1.29 is 4.79 Å². The molecule has 2 heterocycles. The summed E-state index contributed by atoms with van der Waals surface area (Å²) in [6.07, 6.45) is 8.22. The van der Waals surface area contributed by atoms with Crippen LogP contribution in [0.3, 0.4) is 0 Å². The summed E-state index contributed by atoms with van der Waals surface area (Å²) >= 11 is 0. The zero-order chi connectivity index (χ0) is 16.4. The average molecular weight is 327 g/mol. The molecule has 6 nitrogen and oxygen atoms in total. The number of aromatic nitrogens is 2. The molecule has 1 saturated carbocycles. The predicted molar refractivity (Wildman–Crippen MR) is 95.1 cm³/mol. The molecule has 2 aliphatic rings. The van der Waals surface area contributed by atoms with Crippen molar-refractivity contribution in [2.24, 2.45) is 5.92 Å². The molecule has 6 heteroatoms. The van der Waals surface area contributed by atoms with Crippen molar-refractivity contribution in [2.75, 3.05) is 25.0 Å². The van der Waals surface area contributed by atoms with E-state index in [4.69, 9.17) is 0 Å². The van der Waals surface area contributed by atoms with Crippen LogP contribution in [0.1, 0.15) is 32.1 Å². The van der Waals surface area contributed by atoms with Crippen LogP contribution < -0.4 is 10.6 Å². The highest BCUT2D eigenvalue weighted by Gasteiger charge is 2.33. The first kappa shape index (κ1) is 15.4. The van der Waals surface area contributed by atoms with E-state index in [1.807, 2.05) is 23.1 Å². The molecule has 0 spiro atoms. The number of urea groups is 1. The van der Waals surface area contributed by atoms with E-state index >= 15 is 0 Å². The largest absolute Gasteiger partial charge is 0.322 e. The molecule has 24 heavy (non-hydrogen) atoms. The first-order valence-corrected chi connectivity index (χ1v) is 9.03. The van der Waals surface area contributed by atoms with Crippen molar-refractivity contribution in [1.29, 1.82) is 0 Å². The molecule has 2 amide bonds. The minimum absolute atomic E-state index is 0.0194. The normalized spacial score (nSPS) is 22.7. The number of carbonyl (C=O) groups excluding carboxylic acids is 1. The molecule has 1 aliphatic carbocycles. The number of anilines is 1. The highest BCUT2D eigenvalue weighted by atomic mass is 16.2. The SMILES string of the molecule is O=C(Nc1ccc2cn[nH]c2c1)N1CCNCC1C1CCCCC1. The third kappa shape index (κ3) is 3.11. The molecule has 1 unspecified atom stereocenters. The van der Waals surface area contributed by atoms with Gasteiger partial charge in [-0.2, -0.15) is 5.10 Å². The second-order valence-electron chi connectivity index (χ2n) is 6.97. The van der Waals surface area contributed by atoms with Crippen LogP contribution in [0.15, 0.2) is 24.4 Å². The summed E-state index contributed by atoms with van der Waals surface area (Å²) in [4.78, 5) is 14.9. The van der Waals surface area contributed by atoms with Gasteiger partial charge in [-0.1, -0.05) is 19.3 Å². The Hall–Kier alpha value is -2.08. The lowest BCUT2D eigenvalue weighted by atomic mass is 9.82. The van der Waals surface area contributed by atoms with E-state index in [-0.39, 0.29) is 6.03 Å². The number of aromatic amines is 1. The average Bonchev–Trinajstić information content (AvgIpc) is 3.10. The van der Waals surface area contributed by atoms with Gasteiger partial charge in [0.05, 0.1) is 11.7 Å². The summed E-state index contributed by atoms with van der Waals surface area (Å²) < 4.78 is 0. The Morgan fingerprint density at radius 2 is 2.12 bits per heavy atom. The van der Waals surface area contributed by atoms with Gasteiger partial charge < -0.3 is 15.5 Å². The van der Waals surface area contributed by atoms with E-state index in [9.17, 15) is 4.79 Å². The molecular weight excluding hydrogens is 302 g/mol. The number of piperazine rings is 1. The lowest BCUT2D eigenvalue weighted by molar-refractivity contribution is 0.119. The minimum Gasteiger partial charge on any atom is -0.319 e. The smallest absolute Gasteiger partial charge is 0.319 e. The van der Waals surface area contributed by atoms with Gasteiger partial charge in [0.25, 0.3) is 0 Å². The van der Waals surface area contributed by atoms with E-state index < -0.39 is 0 Å². The number of rotatable bonds is 2. The Morgan fingerprint density at radius 1 is 1.25 bits per heavy atom. The van der Waals surface area contributed by atoms with Crippen molar-refractivity contribution in [3.63, 3.8) is 0 Å². The summed E-state index contributed by atoms with van der Waals surface area (Å²) in [5.74, 6) is 0.632. The Bertz CT molecular complexity index is 706.